The van der Waals surface area contributed by atoms with Gasteiger partial charge in [0.25, 0.3) is 0 Å². The van der Waals surface area contributed by atoms with E-state index in [1.807, 2.05) is 0 Å². The highest BCUT2D eigenvalue weighted by atomic mass is 19.1. The fourth-order valence-electron chi connectivity index (χ4n) is 1.34. The lowest BCUT2D eigenvalue weighted by atomic mass is 10.4. The van der Waals surface area contributed by atoms with Crippen LogP contribution in [0.2, 0.25) is 0 Å². The molecule has 40 valence electrons. The SMILES string of the molecule is FC1[C@H]2CNC[C@@H]12. The van der Waals surface area contributed by atoms with Crippen molar-refractivity contribution in [3.8, 4) is 0 Å². The van der Waals surface area contributed by atoms with E-state index < -0.39 is 6.17 Å². The van der Waals surface area contributed by atoms with Crippen molar-refractivity contribution in [1.82, 2.24) is 5.32 Å². The minimum absolute atomic E-state index is 0.403. The molecule has 1 aliphatic carbocycles. The van der Waals surface area contributed by atoms with Crippen LogP contribution >= 0.6 is 0 Å². The number of hydrogen-bond donors (Lipinski definition) is 1. The van der Waals surface area contributed by atoms with Crippen LogP contribution in [-0.4, -0.2) is 19.3 Å². The van der Waals surface area contributed by atoms with Gasteiger partial charge in [0.2, 0.25) is 0 Å². The molecule has 1 unspecified atom stereocenters. The molecular weight excluding hydrogens is 93.1 g/mol. The van der Waals surface area contributed by atoms with Gasteiger partial charge in [-0.25, -0.2) is 4.39 Å². The van der Waals surface area contributed by atoms with Crippen molar-refractivity contribution in [3.63, 3.8) is 0 Å². The topological polar surface area (TPSA) is 12.0 Å². The lowest BCUT2D eigenvalue weighted by Crippen LogP contribution is -2.14. The Morgan fingerprint density at radius 1 is 1.29 bits per heavy atom. The third-order valence-corrected chi connectivity index (χ3v) is 1.99. The van der Waals surface area contributed by atoms with E-state index in [1.54, 1.807) is 0 Å². The normalized spacial score (nSPS) is 57.0. The molecule has 2 rings (SSSR count). The molecule has 1 N–H and O–H groups in total. The highest BCUT2D eigenvalue weighted by Crippen LogP contribution is 2.44. The van der Waals surface area contributed by atoms with Gasteiger partial charge >= 0.3 is 0 Å². The molecule has 1 aliphatic heterocycles. The molecule has 0 spiro atoms. The Kier molecular flexibility index (Phi) is 0.546. The van der Waals surface area contributed by atoms with Gasteiger partial charge in [0, 0.05) is 24.9 Å². The lowest BCUT2D eigenvalue weighted by Gasteiger charge is -1.91. The first-order valence-electron chi connectivity index (χ1n) is 2.74. The smallest absolute Gasteiger partial charge is 0.109 e. The highest BCUT2D eigenvalue weighted by molar-refractivity contribution is 5.04. The molecule has 1 saturated heterocycles. The van der Waals surface area contributed by atoms with E-state index in [2.05, 4.69) is 5.32 Å². The molecule has 2 heteroatoms. The molecule has 0 bridgehead atoms. The Morgan fingerprint density at radius 3 is 2.14 bits per heavy atom. The van der Waals surface area contributed by atoms with Crippen LogP contribution in [0.15, 0.2) is 0 Å². The van der Waals surface area contributed by atoms with Crippen molar-refractivity contribution in [1.29, 1.82) is 0 Å². The first-order valence-corrected chi connectivity index (χ1v) is 2.74. The average Bonchev–Trinajstić information content (AvgIpc) is 2.26. The van der Waals surface area contributed by atoms with Gasteiger partial charge in [-0.3, -0.25) is 0 Å². The highest BCUT2D eigenvalue weighted by Gasteiger charge is 2.53. The van der Waals surface area contributed by atoms with Crippen LogP contribution in [0.25, 0.3) is 0 Å². The average molecular weight is 101 g/mol. The molecule has 7 heavy (non-hydrogen) atoms. The fourth-order valence-corrected chi connectivity index (χ4v) is 1.34. The molecule has 1 heterocycles. The van der Waals surface area contributed by atoms with Gasteiger partial charge in [-0.1, -0.05) is 0 Å². The van der Waals surface area contributed by atoms with Crippen molar-refractivity contribution >= 4 is 0 Å². The monoisotopic (exact) mass is 101 g/mol. The minimum atomic E-state index is -0.443. The van der Waals surface area contributed by atoms with Gasteiger partial charge < -0.3 is 5.32 Å². The first-order chi connectivity index (χ1) is 3.39. The van der Waals surface area contributed by atoms with Gasteiger partial charge in [-0.05, 0) is 0 Å². The molecule has 0 aromatic heterocycles. The minimum Gasteiger partial charge on any atom is -0.316 e. The molecule has 0 aromatic rings. The van der Waals surface area contributed by atoms with Gasteiger partial charge in [-0.2, -0.15) is 0 Å². The summed E-state index contributed by atoms with van der Waals surface area (Å²) < 4.78 is 12.2. The summed E-state index contributed by atoms with van der Waals surface area (Å²) in [6.07, 6.45) is -0.443. The fraction of sp³-hybridized carbons (Fsp3) is 1.00. The third kappa shape index (κ3) is 0.353. The van der Waals surface area contributed by atoms with Crippen LogP contribution in [0.4, 0.5) is 4.39 Å². The Hall–Kier alpha value is -0.110. The van der Waals surface area contributed by atoms with Crippen LogP contribution in [-0.2, 0) is 0 Å². The predicted molar refractivity (Wildman–Crippen MR) is 24.7 cm³/mol. The standard InChI is InChI=1S/C5H8FN/c6-5-3-1-7-2-4(3)5/h3-5,7H,1-2H2/t3-,4+,5?. The second-order valence-electron chi connectivity index (χ2n) is 2.43. The lowest BCUT2D eigenvalue weighted by molar-refractivity contribution is 0.405. The Morgan fingerprint density at radius 2 is 1.86 bits per heavy atom. The van der Waals surface area contributed by atoms with Crippen molar-refractivity contribution in [2.45, 2.75) is 6.17 Å². The van der Waals surface area contributed by atoms with Gasteiger partial charge in [0.1, 0.15) is 6.17 Å². The van der Waals surface area contributed by atoms with Gasteiger partial charge in [0.15, 0.2) is 0 Å². The van der Waals surface area contributed by atoms with Crippen molar-refractivity contribution in [2.24, 2.45) is 11.8 Å². The Bertz CT molecular complexity index is 84.1. The molecule has 0 aromatic carbocycles. The number of nitrogens with one attached hydrogen (secondary N) is 1. The van der Waals surface area contributed by atoms with Crippen LogP contribution in [0.1, 0.15) is 0 Å². The predicted octanol–water partition coefficient (Wildman–Crippen LogP) is 0.174. The second-order valence-corrected chi connectivity index (χ2v) is 2.43. The maximum Gasteiger partial charge on any atom is 0.109 e. The summed E-state index contributed by atoms with van der Waals surface area (Å²) >= 11 is 0. The summed E-state index contributed by atoms with van der Waals surface area (Å²) in [5.74, 6) is 0.806. The number of fused-ring (bicyclic) bond motifs is 1. The van der Waals surface area contributed by atoms with E-state index in [0.717, 1.165) is 13.1 Å². The summed E-state index contributed by atoms with van der Waals surface area (Å²) in [6, 6.07) is 0. The van der Waals surface area contributed by atoms with Crippen LogP contribution in [0, 0.1) is 11.8 Å². The zero-order valence-corrected chi connectivity index (χ0v) is 4.02. The Labute approximate surface area is 41.9 Å². The zero-order valence-electron chi connectivity index (χ0n) is 4.02. The van der Waals surface area contributed by atoms with E-state index in [9.17, 15) is 4.39 Å². The number of piperidine rings is 1. The van der Waals surface area contributed by atoms with E-state index in [4.69, 9.17) is 0 Å². The number of halogens is 1. The largest absolute Gasteiger partial charge is 0.316 e. The summed E-state index contributed by atoms with van der Waals surface area (Å²) in [5.41, 5.74) is 0. The van der Waals surface area contributed by atoms with Crippen molar-refractivity contribution in [2.75, 3.05) is 13.1 Å². The van der Waals surface area contributed by atoms with E-state index in [1.165, 1.54) is 0 Å². The molecule has 0 radical (unpaired) electrons. The van der Waals surface area contributed by atoms with Crippen molar-refractivity contribution in [3.05, 3.63) is 0 Å². The van der Waals surface area contributed by atoms with Crippen LogP contribution in [0.3, 0.4) is 0 Å². The quantitative estimate of drug-likeness (QED) is 0.458. The van der Waals surface area contributed by atoms with Gasteiger partial charge in [0.05, 0.1) is 0 Å². The first kappa shape index (κ1) is 3.84. The maximum absolute atomic E-state index is 12.2. The van der Waals surface area contributed by atoms with E-state index in [-0.39, 0.29) is 0 Å². The number of hydrogen-bond acceptors (Lipinski definition) is 1. The third-order valence-electron chi connectivity index (χ3n) is 1.99. The van der Waals surface area contributed by atoms with Gasteiger partial charge in [-0.15, -0.1) is 0 Å². The molecule has 1 nitrogen and oxygen atoms in total. The molecular formula is C5H8FN. The second kappa shape index (κ2) is 0.996. The number of rotatable bonds is 0. The van der Waals surface area contributed by atoms with Crippen molar-refractivity contribution < 1.29 is 4.39 Å². The maximum atomic E-state index is 12.2. The summed E-state index contributed by atoms with van der Waals surface area (Å²) in [7, 11) is 0. The van der Waals surface area contributed by atoms with E-state index in [0.29, 0.717) is 11.8 Å². The zero-order chi connectivity index (χ0) is 4.85. The molecule has 3 atom stereocenters. The Balaban J connectivity index is 2.06. The molecule has 1 saturated carbocycles. The summed E-state index contributed by atoms with van der Waals surface area (Å²) in [6.45, 7) is 1.84. The van der Waals surface area contributed by atoms with Crippen LogP contribution in [0.5, 0.6) is 0 Å². The molecule has 0 amide bonds. The molecule has 2 aliphatic rings. The summed E-state index contributed by atoms with van der Waals surface area (Å²) in [4.78, 5) is 0. The van der Waals surface area contributed by atoms with Crippen LogP contribution < -0.4 is 5.32 Å². The summed E-state index contributed by atoms with van der Waals surface area (Å²) in [5, 5.41) is 3.11. The van der Waals surface area contributed by atoms with E-state index >= 15 is 0 Å². The molecule has 2 fully saturated rings. The number of alkyl halides is 1.